The molecule has 7 rings (SSSR count). The van der Waals surface area contributed by atoms with Crippen LogP contribution in [0.25, 0.3) is 0 Å². The molecule has 2 saturated carbocycles. The molecular weight excluding hydrogens is 711 g/mol. The van der Waals surface area contributed by atoms with Crippen LogP contribution < -0.4 is 10.1 Å². The summed E-state index contributed by atoms with van der Waals surface area (Å²) in [4.78, 5) is 16.0. The van der Waals surface area contributed by atoms with Gasteiger partial charge in [-0.15, -0.1) is 0 Å². The van der Waals surface area contributed by atoms with Crippen LogP contribution in [0.2, 0.25) is 5.02 Å². The lowest BCUT2D eigenvalue weighted by molar-refractivity contribution is -0.265. The Morgan fingerprint density at radius 3 is 2.69 bits per heavy atom. The van der Waals surface area contributed by atoms with Crippen molar-refractivity contribution in [3.8, 4) is 11.5 Å². The number of halogens is 2. The molecule has 2 heterocycles. The molecule has 4 N–H and O–H groups in total. The van der Waals surface area contributed by atoms with Gasteiger partial charge in [0.05, 0.1) is 24.4 Å². The van der Waals surface area contributed by atoms with E-state index in [-0.39, 0.29) is 33.6 Å². The number of fused-ring (bicyclic) bond motifs is 1. The maximum Gasteiger partial charge on any atom is 0.516 e. The number of likely N-dealkylation sites (tertiary alicyclic amines) is 1. The number of aromatic hydroxyl groups is 1. The standard InChI is InChI=1S/C34H42ClIN2O7/c1-19-34(43-18-31(2,3)37-19,22-5-4-6-23(35)16-22)45-30(41)44-25-10-9-21-15-26-33(42)12-11-24(39)29(36)32(33,27(21)28(25)40)13-14-38(26)17-20-7-8-20/h4-6,9-10,16,19-20,24,26,29,37,39-40,42H,7-8,11-15,17-18H2,1-3H3/t19?,24-,26-,29?,32+,33-,34?/m1/s1. The molecule has 0 amide bonds. The van der Waals surface area contributed by atoms with E-state index in [0.717, 1.165) is 18.7 Å². The number of phenols is 1. The summed E-state index contributed by atoms with van der Waals surface area (Å²) < 4.78 is 17.7. The van der Waals surface area contributed by atoms with Gasteiger partial charge in [0.25, 0.3) is 5.79 Å². The minimum atomic E-state index is -1.54. The molecule has 2 aliphatic heterocycles. The number of aliphatic hydroxyl groups excluding tert-OH is 1. The summed E-state index contributed by atoms with van der Waals surface area (Å²) in [6, 6.07) is 9.87. The molecule has 5 aliphatic rings. The summed E-state index contributed by atoms with van der Waals surface area (Å²) in [7, 11) is 0. The van der Waals surface area contributed by atoms with Crippen molar-refractivity contribution in [1.82, 2.24) is 10.2 Å². The highest BCUT2D eigenvalue weighted by molar-refractivity contribution is 14.1. The van der Waals surface area contributed by atoms with Crippen LogP contribution in [-0.2, 0) is 27.1 Å². The van der Waals surface area contributed by atoms with Crippen LogP contribution in [0.15, 0.2) is 36.4 Å². The Balaban J connectivity index is 1.23. The number of ether oxygens (including phenoxy) is 3. The fourth-order valence-corrected chi connectivity index (χ4v) is 10.4. The van der Waals surface area contributed by atoms with E-state index in [1.165, 1.54) is 12.8 Å². The van der Waals surface area contributed by atoms with E-state index in [9.17, 15) is 20.1 Å². The number of nitrogens with zero attached hydrogens (tertiary/aromatic N) is 1. The van der Waals surface area contributed by atoms with E-state index < -0.39 is 35.1 Å². The minimum Gasteiger partial charge on any atom is -0.504 e. The van der Waals surface area contributed by atoms with Gasteiger partial charge in [0.15, 0.2) is 11.5 Å². The first-order valence-corrected chi connectivity index (χ1v) is 17.6. The summed E-state index contributed by atoms with van der Waals surface area (Å²) in [6.07, 6.45) is 2.85. The van der Waals surface area contributed by atoms with Crippen molar-refractivity contribution in [2.75, 3.05) is 19.7 Å². The molecule has 244 valence electrons. The number of piperidine rings is 1. The molecule has 2 aromatic carbocycles. The lowest BCUT2D eigenvalue weighted by Crippen LogP contribution is -2.76. The van der Waals surface area contributed by atoms with E-state index in [2.05, 4.69) is 32.8 Å². The second-order valence-corrected chi connectivity index (χ2v) is 16.2. The molecule has 0 radical (unpaired) electrons. The number of carbonyl (C=O) groups excluding carboxylic acids is 1. The first-order chi connectivity index (χ1) is 21.3. The average molecular weight is 753 g/mol. The SMILES string of the molecule is CC1NC(C)(C)COC1(OC(=O)Oc1ccc2c(c1O)[C@]13CCN(CC4CC4)[C@H](C2)[C@]1(O)CC[C@@H](O)C3I)c1cccc(Cl)c1. The Labute approximate surface area is 282 Å². The number of hydrogen-bond donors (Lipinski definition) is 4. The minimum absolute atomic E-state index is 0.0593. The van der Waals surface area contributed by atoms with E-state index in [1.807, 2.05) is 26.8 Å². The van der Waals surface area contributed by atoms with Gasteiger partial charge in [0.2, 0.25) is 0 Å². The molecule has 7 atom stereocenters. The van der Waals surface area contributed by atoms with Crippen LogP contribution in [0.3, 0.4) is 0 Å². The number of nitrogens with one attached hydrogen (secondary N) is 1. The first-order valence-electron chi connectivity index (χ1n) is 16.0. The van der Waals surface area contributed by atoms with Crippen LogP contribution in [-0.4, -0.2) is 79.3 Å². The smallest absolute Gasteiger partial charge is 0.504 e. The molecule has 2 aromatic rings. The molecule has 45 heavy (non-hydrogen) atoms. The Morgan fingerprint density at radius 1 is 1.20 bits per heavy atom. The second kappa shape index (κ2) is 11.2. The molecule has 0 spiro atoms. The normalized spacial score (nSPS) is 37.3. The topological polar surface area (TPSA) is 121 Å². The molecule has 0 aromatic heterocycles. The maximum atomic E-state index is 13.6. The third-order valence-electron chi connectivity index (χ3n) is 10.9. The van der Waals surface area contributed by atoms with Gasteiger partial charge in [-0.25, -0.2) is 4.79 Å². The zero-order chi connectivity index (χ0) is 31.9. The molecular formula is C34H42ClIN2O7. The van der Waals surface area contributed by atoms with E-state index in [1.54, 1.807) is 30.3 Å². The lowest BCUT2D eigenvalue weighted by atomic mass is 9.49. The Morgan fingerprint density at radius 2 is 1.98 bits per heavy atom. The van der Waals surface area contributed by atoms with Crippen molar-refractivity contribution in [1.29, 1.82) is 0 Å². The number of alkyl halides is 1. The maximum absolute atomic E-state index is 13.6. The van der Waals surface area contributed by atoms with Gasteiger partial charge in [-0.05, 0) is 95.5 Å². The fraction of sp³-hybridized carbons (Fsp3) is 0.618. The molecule has 2 bridgehead atoms. The summed E-state index contributed by atoms with van der Waals surface area (Å²) >= 11 is 8.59. The Kier molecular flexibility index (Phi) is 7.94. The lowest BCUT2D eigenvalue weighted by Gasteiger charge is -2.66. The quantitative estimate of drug-likeness (QED) is 0.142. The highest BCUT2D eigenvalue weighted by atomic mass is 127. The van der Waals surface area contributed by atoms with Gasteiger partial charge in [-0.3, -0.25) is 4.90 Å². The summed E-state index contributed by atoms with van der Waals surface area (Å²) in [5, 5.41) is 39.6. The Hall–Kier alpha value is -1.67. The number of morpholine rings is 1. The van der Waals surface area contributed by atoms with Gasteiger partial charge >= 0.3 is 6.16 Å². The van der Waals surface area contributed by atoms with E-state index >= 15 is 0 Å². The zero-order valence-electron chi connectivity index (χ0n) is 25.9. The predicted octanol–water partition coefficient (Wildman–Crippen LogP) is 5.17. The number of hydrogen-bond acceptors (Lipinski definition) is 9. The average Bonchev–Trinajstić information content (AvgIpc) is 3.80. The van der Waals surface area contributed by atoms with E-state index in [0.29, 0.717) is 47.8 Å². The van der Waals surface area contributed by atoms with Crippen LogP contribution >= 0.6 is 34.2 Å². The summed E-state index contributed by atoms with van der Waals surface area (Å²) in [6.45, 7) is 7.85. The Bertz CT molecular complexity index is 1500. The van der Waals surface area contributed by atoms with Crippen molar-refractivity contribution in [3.05, 3.63) is 58.1 Å². The number of rotatable bonds is 5. The molecule has 2 saturated heterocycles. The highest BCUT2D eigenvalue weighted by Crippen LogP contribution is 2.63. The summed E-state index contributed by atoms with van der Waals surface area (Å²) in [5.41, 5.74) is -0.385. The molecule has 3 unspecified atom stereocenters. The number of phenolic OH excluding ortho intramolecular Hbond substituents is 1. The number of carbonyl (C=O) groups is 1. The van der Waals surface area contributed by atoms with Crippen molar-refractivity contribution in [2.24, 2.45) is 5.92 Å². The number of benzene rings is 2. The second-order valence-electron chi connectivity index (χ2n) is 14.4. The number of aliphatic hydroxyl groups is 2. The van der Waals surface area contributed by atoms with E-state index in [4.69, 9.17) is 25.8 Å². The third-order valence-corrected chi connectivity index (χ3v) is 13.1. The molecule has 9 nitrogen and oxygen atoms in total. The summed E-state index contributed by atoms with van der Waals surface area (Å²) in [5.74, 6) is -1.12. The molecule has 4 fully saturated rings. The largest absolute Gasteiger partial charge is 0.516 e. The van der Waals surface area contributed by atoms with Gasteiger partial charge in [-0.1, -0.05) is 52.4 Å². The third kappa shape index (κ3) is 5.09. The highest BCUT2D eigenvalue weighted by Gasteiger charge is 2.69. The monoisotopic (exact) mass is 752 g/mol. The van der Waals surface area contributed by atoms with Crippen molar-refractivity contribution in [2.45, 2.75) is 104 Å². The van der Waals surface area contributed by atoms with Gasteiger partial charge in [0.1, 0.15) is 0 Å². The molecule has 3 aliphatic carbocycles. The van der Waals surface area contributed by atoms with Gasteiger partial charge in [-0.2, -0.15) is 0 Å². The van der Waals surface area contributed by atoms with Crippen LogP contribution in [0.4, 0.5) is 4.79 Å². The van der Waals surface area contributed by atoms with Crippen LogP contribution in [0.1, 0.15) is 69.6 Å². The first kappa shape index (κ1) is 31.9. The predicted molar refractivity (Wildman–Crippen MR) is 177 cm³/mol. The van der Waals surface area contributed by atoms with Crippen molar-refractivity contribution < 1.29 is 34.3 Å². The van der Waals surface area contributed by atoms with Gasteiger partial charge < -0.3 is 34.8 Å². The van der Waals surface area contributed by atoms with Crippen molar-refractivity contribution >= 4 is 40.3 Å². The zero-order valence-corrected chi connectivity index (χ0v) is 28.8. The van der Waals surface area contributed by atoms with Crippen LogP contribution in [0.5, 0.6) is 11.5 Å². The van der Waals surface area contributed by atoms with Crippen LogP contribution in [0, 0.1) is 5.92 Å². The molecule has 11 heteroatoms. The van der Waals surface area contributed by atoms with Gasteiger partial charge in [0, 0.05) is 43.6 Å². The fourth-order valence-electron chi connectivity index (χ4n) is 8.69. The van der Waals surface area contributed by atoms with Crippen molar-refractivity contribution in [3.63, 3.8) is 0 Å².